The van der Waals surface area contributed by atoms with E-state index in [2.05, 4.69) is 42.6 Å². The van der Waals surface area contributed by atoms with Gasteiger partial charge in [0.25, 0.3) is 5.69 Å². The highest BCUT2D eigenvalue weighted by Gasteiger charge is 2.39. The van der Waals surface area contributed by atoms with Gasteiger partial charge in [-0.2, -0.15) is 0 Å². The first-order chi connectivity index (χ1) is 12.1. The molecule has 4 rings (SSSR count). The van der Waals surface area contributed by atoms with Crippen LogP contribution in [0.3, 0.4) is 0 Å². The largest absolute Gasteiger partial charge is 0.378 e. The summed E-state index contributed by atoms with van der Waals surface area (Å²) >= 11 is 6.42. The molecule has 0 saturated carbocycles. The van der Waals surface area contributed by atoms with E-state index in [1.165, 1.54) is 17.2 Å². The second kappa shape index (κ2) is 6.19. The summed E-state index contributed by atoms with van der Waals surface area (Å²) in [7, 11) is 0. The lowest BCUT2D eigenvalue weighted by Crippen LogP contribution is -2.29. The van der Waals surface area contributed by atoms with E-state index in [0.29, 0.717) is 16.9 Å². The molecule has 0 spiro atoms. The van der Waals surface area contributed by atoms with Crippen LogP contribution in [-0.4, -0.2) is 4.92 Å². The number of halogens is 1. The third kappa shape index (κ3) is 2.71. The van der Waals surface area contributed by atoms with Gasteiger partial charge in [-0.05, 0) is 42.0 Å². The van der Waals surface area contributed by atoms with Crippen molar-refractivity contribution in [1.29, 1.82) is 0 Å². The molecule has 0 unspecified atom stereocenters. The summed E-state index contributed by atoms with van der Waals surface area (Å²) in [6.07, 6.45) is 6.43. The monoisotopic (exact) mass is 354 g/mol. The molecule has 2 aliphatic rings. The number of non-ortho nitro benzene ring substituents is 1. The fraction of sp³-hybridized carbons (Fsp3) is 0.300. The average Bonchev–Trinajstić information content (AvgIpc) is 3.11. The predicted molar refractivity (Wildman–Crippen MR) is 100 cm³/mol. The van der Waals surface area contributed by atoms with Crippen LogP contribution < -0.4 is 5.32 Å². The SMILES string of the molecule is CCc1ccc2c(c1)[C@@H]1C=CC[C@H]1[C@@H](c1cc([N+](=O)[O-])ccc1Cl)N2. The van der Waals surface area contributed by atoms with E-state index in [9.17, 15) is 10.1 Å². The minimum absolute atomic E-state index is 0.0348. The van der Waals surface area contributed by atoms with Crippen LogP contribution >= 0.6 is 11.6 Å². The lowest BCUT2D eigenvalue weighted by Gasteiger charge is -2.38. The summed E-state index contributed by atoms with van der Waals surface area (Å²) < 4.78 is 0. The Labute approximate surface area is 151 Å². The van der Waals surface area contributed by atoms with Gasteiger partial charge in [0, 0.05) is 34.3 Å². The number of fused-ring (bicyclic) bond motifs is 3. The number of benzene rings is 2. The Kier molecular flexibility index (Phi) is 4.00. The van der Waals surface area contributed by atoms with E-state index < -0.39 is 0 Å². The van der Waals surface area contributed by atoms with Gasteiger partial charge in [0.05, 0.1) is 11.0 Å². The van der Waals surface area contributed by atoms with E-state index in [-0.39, 0.29) is 16.7 Å². The molecule has 0 amide bonds. The molecule has 3 atom stereocenters. The molecule has 1 N–H and O–H groups in total. The Bertz CT molecular complexity index is 878. The number of hydrogen-bond acceptors (Lipinski definition) is 3. The molecule has 128 valence electrons. The molecule has 1 aliphatic carbocycles. The van der Waals surface area contributed by atoms with Crippen molar-refractivity contribution in [3.8, 4) is 0 Å². The van der Waals surface area contributed by atoms with Gasteiger partial charge in [-0.1, -0.05) is 42.8 Å². The second-order valence-electron chi connectivity index (χ2n) is 6.71. The fourth-order valence-corrected chi connectivity index (χ4v) is 4.29. The first kappa shape index (κ1) is 16.2. The third-order valence-electron chi connectivity index (χ3n) is 5.36. The van der Waals surface area contributed by atoms with Crippen LogP contribution in [0.25, 0.3) is 0 Å². The molecule has 1 aliphatic heterocycles. The van der Waals surface area contributed by atoms with Crippen LogP contribution in [0.15, 0.2) is 48.6 Å². The van der Waals surface area contributed by atoms with Gasteiger partial charge in [-0.3, -0.25) is 10.1 Å². The first-order valence-corrected chi connectivity index (χ1v) is 8.96. The van der Waals surface area contributed by atoms with E-state index in [4.69, 9.17) is 11.6 Å². The molecule has 0 saturated heterocycles. The number of aryl methyl sites for hydroxylation is 1. The van der Waals surface area contributed by atoms with Gasteiger partial charge < -0.3 is 5.32 Å². The normalized spacial score (nSPS) is 23.7. The number of nitro benzene ring substituents is 1. The molecule has 2 aromatic carbocycles. The maximum absolute atomic E-state index is 11.2. The minimum Gasteiger partial charge on any atom is -0.378 e. The van der Waals surface area contributed by atoms with Crippen molar-refractivity contribution in [2.75, 3.05) is 5.32 Å². The lowest BCUT2D eigenvalue weighted by molar-refractivity contribution is -0.384. The Morgan fingerprint density at radius 2 is 2.08 bits per heavy atom. The number of nitrogens with one attached hydrogen (secondary N) is 1. The zero-order valence-electron chi connectivity index (χ0n) is 13.9. The maximum atomic E-state index is 11.2. The van der Waals surface area contributed by atoms with Crippen molar-refractivity contribution >= 4 is 23.0 Å². The van der Waals surface area contributed by atoms with Gasteiger partial charge >= 0.3 is 0 Å². The molecular weight excluding hydrogens is 336 g/mol. The zero-order chi connectivity index (χ0) is 17.6. The molecular formula is C20H19ClN2O2. The van der Waals surface area contributed by atoms with Gasteiger partial charge in [0.2, 0.25) is 0 Å². The molecule has 0 fully saturated rings. The Hall–Kier alpha value is -2.33. The van der Waals surface area contributed by atoms with Crippen LogP contribution in [0.4, 0.5) is 11.4 Å². The van der Waals surface area contributed by atoms with Crippen LogP contribution in [0, 0.1) is 16.0 Å². The Balaban J connectivity index is 1.80. The van der Waals surface area contributed by atoms with E-state index in [1.807, 2.05) is 0 Å². The summed E-state index contributed by atoms with van der Waals surface area (Å²) in [6, 6.07) is 11.2. The quantitative estimate of drug-likeness (QED) is 0.441. The standard InChI is InChI=1S/C20H19ClN2O2/c1-2-12-6-9-19-16(10-12)14-4-3-5-15(14)20(22-19)17-11-13(23(24)25)7-8-18(17)21/h3-4,6-11,14-15,20,22H,2,5H2,1H3/t14-,15-,20+/m1/s1. The van der Waals surface area contributed by atoms with Crippen LogP contribution in [0.2, 0.25) is 5.02 Å². The van der Waals surface area contributed by atoms with Gasteiger partial charge in [-0.15, -0.1) is 0 Å². The number of nitro groups is 1. The minimum atomic E-state index is -0.367. The summed E-state index contributed by atoms with van der Waals surface area (Å²) in [5, 5.41) is 15.3. The number of rotatable bonds is 3. The van der Waals surface area contributed by atoms with Gasteiger partial charge in [-0.25, -0.2) is 0 Å². The highest BCUT2D eigenvalue weighted by atomic mass is 35.5. The van der Waals surface area contributed by atoms with E-state index in [1.54, 1.807) is 12.1 Å². The fourth-order valence-electron chi connectivity index (χ4n) is 4.05. The molecule has 25 heavy (non-hydrogen) atoms. The highest BCUT2D eigenvalue weighted by molar-refractivity contribution is 6.31. The van der Waals surface area contributed by atoms with Crippen molar-refractivity contribution < 1.29 is 4.92 Å². The molecule has 5 heteroatoms. The molecule has 1 heterocycles. The average molecular weight is 355 g/mol. The summed E-state index contributed by atoms with van der Waals surface area (Å²) in [5.74, 6) is 0.641. The first-order valence-electron chi connectivity index (χ1n) is 8.58. The van der Waals surface area contributed by atoms with Crippen LogP contribution in [0.5, 0.6) is 0 Å². The smallest absolute Gasteiger partial charge is 0.269 e. The topological polar surface area (TPSA) is 55.2 Å². The van der Waals surface area contributed by atoms with Gasteiger partial charge in [0.1, 0.15) is 0 Å². The van der Waals surface area contributed by atoms with E-state index >= 15 is 0 Å². The Morgan fingerprint density at radius 1 is 1.24 bits per heavy atom. The van der Waals surface area contributed by atoms with E-state index in [0.717, 1.165) is 24.1 Å². The highest BCUT2D eigenvalue weighted by Crippen LogP contribution is 2.51. The predicted octanol–water partition coefficient (Wildman–Crippen LogP) is 5.64. The van der Waals surface area contributed by atoms with Crippen molar-refractivity contribution in [2.45, 2.75) is 31.7 Å². The zero-order valence-corrected chi connectivity index (χ0v) is 14.7. The second-order valence-corrected chi connectivity index (χ2v) is 7.12. The third-order valence-corrected chi connectivity index (χ3v) is 5.71. The van der Waals surface area contributed by atoms with Gasteiger partial charge in [0.15, 0.2) is 0 Å². The number of nitrogens with zero attached hydrogens (tertiary/aromatic N) is 1. The molecule has 0 radical (unpaired) electrons. The van der Waals surface area contributed by atoms with Crippen molar-refractivity contribution in [3.63, 3.8) is 0 Å². The van der Waals surface area contributed by atoms with Crippen LogP contribution in [0.1, 0.15) is 42.0 Å². The Morgan fingerprint density at radius 3 is 2.84 bits per heavy atom. The molecule has 0 bridgehead atoms. The summed E-state index contributed by atoms with van der Waals surface area (Å²) in [6.45, 7) is 2.16. The summed E-state index contributed by atoms with van der Waals surface area (Å²) in [4.78, 5) is 10.8. The maximum Gasteiger partial charge on any atom is 0.269 e. The molecule has 4 nitrogen and oxygen atoms in total. The number of allylic oxidation sites excluding steroid dienone is 2. The van der Waals surface area contributed by atoms with Crippen molar-refractivity contribution in [3.05, 3.63) is 80.4 Å². The summed E-state index contributed by atoms with van der Waals surface area (Å²) in [5.41, 5.74) is 4.62. The number of hydrogen-bond donors (Lipinski definition) is 1. The van der Waals surface area contributed by atoms with Crippen molar-refractivity contribution in [2.24, 2.45) is 5.92 Å². The van der Waals surface area contributed by atoms with Crippen molar-refractivity contribution in [1.82, 2.24) is 0 Å². The number of anilines is 1. The van der Waals surface area contributed by atoms with Crippen LogP contribution in [-0.2, 0) is 6.42 Å². The molecule has 2 aromatic rings. The molecule has 0 aromatic heterocycles. The lowest BCUT2D eigenvalue weighted by atomic mass is 9.76.